The fourth-order valence-corrected chi connectivity index (χ4v) is 2.40. The Morgan fingerprint density at radius 2 is 1.74 bits per heavy atom. The summed E-state index contributed by atoms with van der Waals surface area (Å²) in [6.45, 7) is 0. The van der Waals surface area contributed by atoms with Gasteiger partial charge >= 0.3 is 6.36 Å². The number of hydrogen-bond donors (Lipinski definition) is 2. The van der Waals surface area contributed by atoms with Gasteiger partial charge in [-0.25, -0.2) is 0 Å². The fraction of sp³-hybridized carbons (Fsp3) is 0.0526. The van der Waals surface area contributed by atoms with Crippen molar-refractivity contribution in [3.05, 3.63) is 72.6 Å². The van der Waals surface area contributed by atoms with Crippen molar-refractivity contribution in [3.63, 3.8) is 0 Å². The van der Waals surface area contributed by atoms with E-state index in [4.69, 9.17) is 5.73 Å². The van der Waals surface area contributed by atoms with Gasteiger partial charge in [0.25, 0.3) is 5.91 Å². The largest absolute Gasteiger partial charge is 0.573 e. The molecule has 8 heteroatoms. The Morgan fingerprint density at radius 1 is 1.00 bits per heavy atom. The lowest BCUT2D eigenvalue weighted by Gasteiger charge is -2.10. The summed E-state index contributed by atoms with van der Waals surface area (Å²) in [6, 6.07) is 13.5. The molecular weight excluding hydrogens is 359 g/mol. The number of nitrogens with zero attached hydrogens (tertiary/aromatic N) is 1. The molecule has 0 unspecified atom stereocenters. The van der Waals surface area contributed by atoms with Gasteiger partial charge in [0.15, 0.2) is 0 Å². The molecular formula is C19H14F3N3O2. The van der Waals surface area contributed by atoms with Gasteiger partial charge in [-0.3, -0.25) is 9.78 Å². The lowest BCUT2D eigenvalue weighted by Crippen LogP contribution is -2.17. The smallest absolute Gasteiger partial charge is 0.406 e. The summed E-state index contributed by atoms with van der Waals surface area (Å²) in [4.78, 5) is 16.4. The van der Waals surface area contributed by atoms with E-state index in [1.807, 2.05) is 6.07 Å². The van der Waals surface area contributed by atoms with Crippen LogP contribution in [0.3, 0.4) is 0 Å². The molecule has 3 rings (SSSR count). The second kappa shape index (κ2) is 7.36. The van der Waals surface area contributed by atoms with Crippen LogP contribution in [0.15, 0.2) is 67.0 Å². The highest BCUT2D eigenvalue weighted by atomic mass is 19.4. The van der Waals surface area contributed by atoms with Gasteiger partial charge in [-0.2, -0.15) is 0 Å². The number of benzene rings is 2. The van der Waals surface area contributed by atoms with Crippen molar-refractivity contribution in [2.75, 3.05) is 11.1 Å². The summed E-state index contributed by atoms with van der Waals surface area (Å²) < 4.78 is 40.3. The Bertz CT molecular complexity index is 957. The first-order valence-electron chi connectivity index (χ1n) is 7.78. The van der Waals surface area contributed by atoms with Gasteiger partial charge in [0.05, 0.1) is 5.69 Å². The number of alkyl halides is 3. The van der Waals surface area contributed by atoms with Gasteiger partial charge < -0.3 is 15.8 Å². The molecule has 0 spiro atoms. The lowest BCUT2D eigenvalue weighted by atomic mass is 10.0. The Kier molecular flexibility index (Phi) is 4.98. The average Bonchev–Trinajstić information content (AvgIpc) is 2.62. The van der Waals surface area contributed by atoms with Crippen LogP contribution in [0.5, 0.6) is 5.75 Å². The summed E-state index contributed by atoms with van der Waals surface area (Å²) >= 11 is 0. The minimum atomic E-state index is -4.76. The molecule has 0 atom stereocenters. The first-order chi connectivity index (χ1) is 12.8. The number of ether oxygens (including phenoxy) is 1. The number of amides is 1. The SMILES string of the molecule is Nc1cncc(-c2cccc(C(=O)Nc3ccc(OC(F)(F)F)cc3)c2)c1. The van der Waals surface area contributed by atoms with E-state index in [9.17, 15) is 18.0 Å². The molecule has 5 nitrogen and oxygen atoms in total. The van der Waals surface area contributed by atoms with Gasteiger partial charge in [-0.1, -0.05) is 12.1 Å². The number of hydrogen-bond acceptors (Lipinski definition) is 4. The van der Waals surface area contributed by atoms with E-state index in [1.54, 1.807) is 30.5 Å². The van der Waals surface area contributed by atoms with Crippen LogP contribution < -0.4 is 15.8 Å². The third-order valence-corrected chi connectivity index (χ3v) is 3.56. The number of carbonyl (C=O) groups is 1. The van der Waals surface area contributed by atoms with Crippen LogP contribution in [0.4, 0.5) is 24.5 Å². The van der Waals surface area contributed by atoms with Crippen molar-refractivity contribution in [2.45, 2.75) is 6.36 Å². The van der Waals surface area contributed by atoms with E-state index < -0.39 is 12.3 Å². The predicted octanol–water partition coefficient (Wildman–Crippen LogP) is 4.48. The molecule has 1 heterocycles. The predicted molar refractivity (Wildman–Crippen MR) is 95.2 cm³/mol. The Hall–Kier alpha value is -3.55. The van der Waals surface area contributed by atoms with Crippen LogP contribution in [-0.4, -0.2) is 17.3 Å². The molecule has 1 amide bonds. The topological polar surface area (TPSA) is 77.2 Å². The van der Waals surface area contributed by atoms with Crippen LogP contribution in [0.2, 0.25) is 0 Å². The fourth-order valence-electron chi connectivity index (χ4n) is 2.40. The van der Waals surface area contributed by atoms with Gasteiger partial charge in [0.2, 0.25) is 0 Å². The molecule has 0 fully saturated rings. The lowest BCUT2D eigenvalue weighted by molar-refractivity contribution is -0.274. The monoisotopic (exact) mass is 373 g/mol. The Labute approximate surface area is 152 Å². The molecule has 27 heavy (non-hydrogen) atoms. The molecule has 3 N–H and O–H groups in total. The van der Waals surface area contributed by atoms with Crippen LogP contribution >= 0.6 is 0 Å². The van der Waals surface area contributed by atoms with Gasteiger partial charge in [-0.15, -0.1) is 13.2 Å². The van der Waals surface area contributed by atoms with Crippen molar-refractivity contribution in [3.8, 4) is 16.9 Å². The van der Waals surface area contributed by atoms with Crippen molar-refractivity contribution in [2.24, 2.45) is 0 Å². The normalized spacial score (nSPS) is 11.1. The molecule has 2 aromatic carbocycles. The molecule has 1 aromatic heterocycles. The number of carbonyl (C=O) groups excluding carboxylic acids is 1. The molecule has 0 radical (unpaired) electrons. The summed E-state index contributed by atoms with van der Waals surface area (Å²) in [5.41, 5.74) is 8.47. The van der Waals surface area contributed by atoms with Crippen molar-refractivity contribution in [1.82, 2.24) is 4.98 Å². The van der Waals surface area contributed by atoms with Crippen LogP contribution in [0.1, 0.15) is 10.4 Å². The Balaban J connectivity index is 1.74. The molecule has 0 saturated carbocycles. The molecule has 0 aliphatic carbocycles. The maximum atomic E-state index is 12.4. The van der Waals surface area contributed by atoms with Crippen molar-refractivity contribution in [1.29, 1.82) is 0 Å². The van der Waals surface area contributed by atoms with E-state index in [0.717, 1.165) is 23.3 Å². The zero-order valence-electron chi connectivity index (χ0n) is 13.8. The molecule has 138 valence electrons. The summed E-state index contributed by atoms with van der Waals surface area (Å²) in [7, 11) is 0. The van der Waals surface area contributed by atoms with E-state index in [0.29, 0.717) is 16.9 Å². The number of rotatable bonds is 4. The number of pyridine rings is 1. The van der Waals surface area contributed by atoms with E-state index in [2.05, 4.69) is 15.0 Å². The first-order valence-corrected chi connectivity index (χ1v) is 7.78. The van der Waals surface area contributed by atoms with Crippen LogP contribution in [0, 0.1) is 0 Å². The standard InChI is InChI=1S/C19H14F3N3O2/c20-19(21,22)27-17-6-4-16(5-7-17)25-18(26)13-3-1-2-12(8-13)14-9-15(23)11-24-10-14/h1-11H,23H2,(H,25,26). The molecule has 0 aliphatic heterocycles. The number of nitrogen functional groups attached to an aromatic ring is 1. The second-order valence-corrected chi connectivity index (χ2v) is 5.61. The third-order valence-electron chi connectivity index (χ3n) is 3.56. The maximum absolute atomic E-state index is 12.4. The zero-order valence-corrected chi connectivity index (χ0v) is 13.8. The van der Waals surface area contributed by atoms with E-state index in [-0.39, 0.29) is 5.75 Å². The quantitative estimate of drug-likeness (QED) is 0.707. The first kappa shape index (κ1) is 18.2. The minimum absolute atomic E-state index is 0.338. The average molecular weight is 373 g/mol. The van der Waals surface area contributed by atoms with Crippen molar-refractivity contribution < 1.29 is 22.7 Å². The molecule has 0 aliphatic rings. The van der Waals surface area contributed by atoms with Crippen molar-refractivity contribution >= 4 is 17.3 Å². The Morgan fingerprint density at radius 3 is 2.41 bits per heavy atom. The molecule has 3 aromatic rings. The van der Waals surface area contributed by atoms with Crippen LogP contribution in [-0.2, 0) is 0 Å². The van der Waals surface area contributed by atoms with Gasteiger partial charge in [0, 0.05) is 29.2 Å². The van der Waals surface area contributed by atoms with E-state index in [1.165, 1.54) is 18.3 Å². The number of anilines is 2. The van der Waals surface area contributed by atoms with Crippen LogP contribution in [0.25, 0.3) is 11.1 Å². The number of halogens is 3. The highest BCUT2D eigenvalue weighted by Gasteiger charge is 2.30. The molecule has 0 saturated heterocycles. The number of nitrogens with two attached hydrogens (primary N) is 1. The zero-order chi connectivity index (χ0) is 19.4. The van der Waals surface area contributed by atoms with Gasteiger partial charge in [0.1, 0.15) is 5.75 Å². The summed E-state index contributed by atoms with van der Waals surface area (Å²) in [6.07, 6.45) is -1.61. The highest BCUT2D eigenvalue weighted by Crippen LogP contribution is 2.25. The van der Waals surface area contributed by atoms with E-state index >= 15 is 0 Å². The summed E-state index contributed by atoms with van der Waals surface area (Å²) in [5, 5.41) is 2.62. The van der Waals surface area contributed by atoms with Gasteiger partial charge in [-0.05, 0) is 48.0 Å². The number of nitrogens with one attached hydrogen (secondary N) is 1. The summed E-state index contributed by atoms with van der Waals surface area (Å²) in [5.74, 6) is -0.769. The third kappa shape index (κ3) is 4.97. The molecule has 0 bridgehead atoms. The highest BCUT2D eigenvalue weighted by molar-refractivity contribution is 6.05. The number of aromatic nitrogens is 1. The second-order valence-electron chi connectivity index (χ2n) is 5.61. The minimum Gasteiger partial charge on any atom is -0.406 e. The maximum Gasteiger partial charge on any atom is 0.573 e.